The fraction of sp³-hybridized carbons (Fsp3) is 0.412. The van der Waals surface area contributed by atoms with Gasteiger partial charge in [-0.05, 0) is 37.1 Å². The molecular formula is C17H21N3O5S. The zero-order valence-corrected chi connectivity index (χ0v) is 15.9. The summed E-state index contributed by atoms with van der Waals surface area (Å²) in [7, 11) is -0.742. The van der Waals surface area contributed by atoms with Crippen LogP contribution in [0, 0.1) is 13.8 Å². The van der Waals surface area contributed by atoms with Crippen molar-refractivity contribution in [1.29, 1.82) is 0 Å². The number of nitrogens with zero attached hydrogens (tertiary/aromatic N) is 3. The van der Waals surface area contributed by atoms with Gasteiger partial charge in [-0.1, -0.05) is 0 Å². The van der Waals surface area contributed by atoms with Crippen molar-refractivity contribution in [1.82, 2.24) is 14.1 Å². The van der Waals surface area contributed by atoms with Gasteiger partial charge in [0.15, 0.2) is 5.69 Å². The topological polar surface area (TPSA) is 102 Å². The predicted octanol–water partition coefficient (Wildman–Crippen LogP) is 1.49. The third kappa shape index (κ3) is 2.86. The van der Waals surface area contributed by atoms with Crippen LogP contribution in [0.15, 0.2) is 17.0 Å². The molecule has 0 saturated heterocycles. The molecule has 0 aliphatic carbocycles. The van der Waals surface area contributed by atoms with Crippen LogP contribution in [0.5, 0.6) is 5.75 Å². The summed E-state index contributed by atoms with van der Waals surface area (Å²) in [5, 5.41) is 13.4. The van der Waals surface area contributed by atoms with E-state index in [4.69, 9.17) is 4.74 Å². The highest BCUT2D eigenvalue weighted by Gasteiger charge is 2.35. The zero-order valence-electron chi connectivity index (χ0n) is 15.1. The first-order valence-corrected chi connectivity index (χ1v) is 9.54. The molecule has 26 heavy (non-hydrogen) atoms. The van der Waals surface area contributed by atoms with Crippen LogP contribution in [0.25, 0.3) is 0 Å². The van der Waals surface area contributed by atoms with E-state index in [-0.39, 0.29) is 29.4 Å². The van der Waals surface area contributed by atoms with Crippen molar-refractivity contribution in [3.63, 3.8) is 0 Å². The number of hydrogen-bond acceptors (Lipinski definition) is 5. The lowest BCUT2D eigenvalue weighted by atomic mass is 10.1. The van der Waals surface area contributed by atoms with E-state index in [2.05, 4.69) is 5.10 Å². The number of hydrogen-bond donors (Lipinski definition) is 1. The highest BCUT2D eigenvalue weighted by atomic mass is 32.2. The molecule has 1 aromatic heterocycles. The summed E-state index contributed by atoms with van der Waals surface area (Å²) in [5.74, 6) is -0.881. The number of aryl methyl sites for hydroxylation is 3. The molecule has 1 aliphatic heterocycles. The highest BCUT2D eigenvalue weighted by Crippen LogP contribution is 2.33. The number of rotatable bonds is 4. The van der Waals surface area contributed by atoms with E-state index in [0.29, 0.717) is 12.0 Å². The molecule has 0 saturated carbocycles. The van der Waals surface area contributed by atoms with Crippen LogP contribution in [0.1, 0.15) is 32.9 Å². The van der Waals surface area contributed by atoms with Gasteiger partial charge < -0.3 is 9.84 Å². The van der Waals surface area contributed by atoms with Crippen LogP contribution >= 0.6 is 0 Å². The minimum atomic E-state index is -3.84. The molecule has 0 radical (unpaired) electrons. The fourth-order valence-electron chi connectivity index (χ4n) is 3.21. The molecule has 140 valence electrons. The number of aromatic nitrogens is 2. The van der Waals surface area contributed by atoms with Crippen LogP contribution in [0.4, 0.5) is 0 Å². The van der Waals surface area contributed by atoms with Gasteiger partial charge in [-0.15, -0.1) is 0 Å². The van der Waals surface area contributed by atoms with Crippen LogP contribution in [-0.4, -0.2) is 47.2 Å². The molecule has 3 rings (SSSR count). The molecule has 0 fully saturated rings. The molecule has 9 heteroatoms. The smallest absolute Gasteiger partial charge is 0.356 e. The van der Waals surface area contributed by atoms with Crippen molar-refractivity contribution in [2.45, 2.75) is 31.7 Å². The quantitative estimate of drug-likeness (QED) is 0.864. The summed E-state index contributed by atoms with van der Waals surface area (Å²) >= 11 is 0. The van der Waals surface area contributed by atoms with Gasteiger partial charge in [0, 0.05) is 37.8 Å². The Morgan fingerprint density at radius 3 is 2.54 bits per heavy atom. The summed E-state index contributed by atoms with van der Waals surface area (Å²) in [6.45, 7) is 3.95. The Bertz CT molecular complexity index is 994. The summed E-state index contributed by atoms with van der Waals surface area (Å²) in [6, 6.07) is 3.30. The van der Waals surface area contributed by atoms with Crippen molar-refractivity contribution in [3.8, 4) is 5.75 Å². The molecule has 0 amide bonds. The largest absolute Gasteiger partial charge is 0.495 e. The van der Waals surface area contributed by atoms with E-state index >= 15 is 0 Å². The van der Waals surface area contributed by atoms with Crippen molar-refractivity contribution < 1.29 is 23.1 Å². The second-order valence-corrected chi connectivity index (χ2v) is 8.28. The average Bonchev–Trinajstić information content (AvgIpc) is 2.93. The van der Waals surface area contributed by atoms with E-state index in [1.165, 1.54) is 16.1 Å². The van der Waals surface area contributed by atoms with Gasteiger partial charge in [0.2, 0.25) is 10.0 Å². The van der Waals surface area contributed by atoms with Crippen molar-refractivity contribution >= 4 is 16.0 Å². The lowest BCUT2D eigenvalue weighted by Gasteiger charge is -2.27. The van der Waals surface area contributed by atoms with E-state index < -0.39 is 16.0 Å². The number of sulfonamides is 1. The first kappa shape index (κ1) is 18.4. The van der Waals surface area contributed by atoms with E-state index in [9.17, 15) is 18.3 Å². The lowest BCUT2D eigenvalue weighted by molar-refractivity contribution is 0.0687. The maximum absolute atomic E-state index is 13.2. The predicted molar refractivity (Wildman–Crippen MR) is 93.9 cm³/mol. The van der Waals surface area contributed by atoms with E-state index in [1.54, 1.807) is 19.2 Å². The minimum absolute atomic E-state index is 0.0246. The number of carboxylic acid groups (broad SMARTS) is 1. The van der Waals surface area contributed by atoms with Crippen LogP contribution < -0.4 is 4.74 Å². The van der Waals surface area contributed by atoms with Crippen LogP contribution in [-0.2, 0) is 30.0 Å². The molecule has 1 N–H and O–H groups in total. The lowest BCUT2D eigenvalue weighted by Crippen LogP contribution is -2.36. The fourth-order valence-corrected chi connectivity index (χ4v) is 4.84. The van der Waals surface area contributed by atoms with Gasteiger partial charge in [0.05, 0.1) is 7.11 Å². The number of carbonyl (C=O) groups is 1. The summed E-state index contributed by atoms with van der Waals surface area (Å²) < 4.78 is 34.5. The number of aromatic carboxylic acids is 1. The molecule has 1 aliphatic rings. The summed E-state index contributed by atoms with van der Waals surface area (Å²) in [4.78, 5) is 11.5. The second-order valence-electron chi connectivity index (χ2n) is 6.38. The molecule has 2 aromatic rings. The Labute approximate surface area is 152 Å². The summed E-state index contributed by atoms with van der Waals surface area (Å²) in [5.41, 5.74) is 2.87. The Morgan fingerprint density at radius 2 is 1.92 bits per heavy atom. The third-order valence-corrected chi connectivity index (χ3v) is 6.67. The van der Waals surface area contributed by atoms with Crippen LogP contribution in [0.2, 0.25) is 0 Å². The van der Waals surface area contributed by atoms with Gasteiger partial charge in [0.25, 0.3) is 0 Å². The first-order chi connectivity index (χ1) is 12.2. The second kappa shape index (κ2) is 6.40. The number of benzene rings is 1. The van der Waals surface area contributed by atoms with Gasteiger partial charge in [-0.2, -0.15) is 9.40 Å². The SMILES string of the molecule is COc1cc(C)c(C)cc1S(=O)(=O)N1CCc2c(c(C(=O)O)nn2C)C1. The van der Waals surface area contributed by atoms with Crippen molar-refractivity contribution in [2.24, 2.45) is 7.05 Å². The first-order valence-electron chi connectivity index (χ1n) is 8.10. The number of ether oxygens (including phenoxy) is 1. The standard InChI is InChI=1S/C17H21N3O5S/c1-10-7-14(25-4)15(8-11(10)2)26(23,24)20-6-5-13-12(9-20)16(17(21)22)18-19(13)3/h7-8H,5-6,9H2,1-4H3,(H,21,22). The van der Waals surface area contributed by atoms with Gasteiger partial charge >= 0.3 is 5.97 Å². The normalized spacial score (nSPS) is 14.9. The third-order valence-electron chi connectivity index (χ3n) is 4.81. The maximum Gasteiger partial charge on any atom is 0.356 e. The molecule has 1 aromatic carbocycles. The summed E-state index contributed by atoms with van der Waals surface area (Å²) in [6.07, 6.45) is 0.401. The van der Waals surface area contributed by atoms with E-state index in [0.717, 1.165) is 16.8 Å². The number of carboxylic acids is 1. The number of fused-ring (bicyclic) bond motifs is 1. The molecule has 2 heterocycles. The van der Waals surface area contributed by atoms with Gasteiger partial charge in [0.1, 0.15) is 10.6 Å². The number of methoxy groups -OCH3 is 1. The van der Waals surface area contributed by atoms with Gasteiger partial charge in [-0.3, -0.25) is 4.68 Å². The Morgan fingerprint density at radius 1 is 1.27 bits per heavy atom. The Kier molecular flexibility index (Phi) is 4.53. The van der Waals surface area contributed by atoms with Crippen LogP contribution in [0.3, 0.4) is 0 Å². The molecule has 0 spiro atoms. The van der Waals surface area contributed by atoms with Crippen molar-refractivity contribution in [2.75, 3.05) is 13.7 Å². The molecule has 8 nitrogen and oxygen atoms in total. The van der Waals surface area contributed by atoms with Gasteiger partial charge in [-0.25, -0.2) is 13.2 Å². The maximum atomic E-state index is 13.2. The van der Waals surface area contributed by atoms with E-state index in [1.807, 2.05) is 13.8 Å². The highest BCUT2D eigenvalue weighted by molar-refractivity contribution is 7.89. The Hall–Kier alpha value is -2.39. The van der Waals surface area contributed by atoms with Crippen molar-refractivity contribution in [3.05, 3.63) is 40.2 Å². The molecule has 0 bridgehead atoms. The monoisotopic (exact) mass is 379 g/mol. The molecular weight excluding hydrogens is 358 g/mol. The molecule has 0 atom stereocenters. The average molecular weight is 379 g/mol. The molecule has 0 unspecified atom stereocenters. The zero-order chi connectivity index (χ0) is 19.2. The Balaban J connectivity index is 2.06. The minimum Gasteiger partial charge on any atom is -0.495 e.